The first-order chi connectivity index (χ1) is 9.61. The maximum Gasteiger partial charge on any atom is 0.160 e. The van der Waals surface area contributed by atoms with Gasteiger partial charge in [-0.2, -0.15) is 0 Å². The van der Waals surface area contributed by atoms with Crippen molar-refractivity contribution in [3.63, 3.8) is 0 Å². The zero-order chi connectivity index (χ0) is 14.5. The van der Waals surface area contributed by atoms with Crippen molar-refractivity contribution in [3.8, 4) is 11.5 Å². The monoisotopic (exact) mass is 272 g/mol. The van der Waals surface area contributed by atoms with Crippen LogP contribution in [-0.4, -0.2) is 17.2 Å². The second kappa shape index (κ2) is 6.39. The number of benzene rings is 1. The molecule has 0 fully saturated rings. The van der Waals surface area contributed by atoms with E-state index in [1.54, 1.807) is 19.4 Å². The van der Waals surface area contributed by atoms with Crippen LogP contribution in [0.2, 0.25) is 0 Å². The van der Waals surface area contributed by atoms with Crippen LogP contribution in [-0.2, 0) is 0 Å². The molecule has 1 aromatic carbocycles. The number of rotatable bonds is 5. The van der Waals surface area contributed by atoms with Crippen LogP contribution in [0.25, 0.3) is 0 Å². The van der Waals surface area contributed by atoms with E-state index >= 15 is 0 Å². The number of hydrogen-bond donors (Lipinski definition) is 2. The van der Waals surface area contributed by atoms with Crippen LogP contribution in [0.5, 0.6) is 11.5 Å². The van der Waals surface area contributed by atoms with E-state index in [9.17, 15) is 5.11 Å². The van der Waals surface area contributed by atoms with Crippen LogP contribution < -0.4 is 10.1 Å². The molecule has 2 unspecified atom stereocenters. The van der Waals surface area contributed by atoms with Crippen LogP contribution in [0, 0.1) is 0 Å². The molecule has 0 aliphatic rings. The molecule has 0 amide bonds. The topological polar surface area (TPSA) is 54.4 Å². The summed E-state index contributed by atoms with van der Waals surface area (Å²) in [6, 6.07) is 11.5. The van der Waals surface area contributed by atoms with Crippen molar-refractivity contribution in [1.82, 2.24) is 10.3 Å². The van der Waals surface area contributed by atoms with Gasteiger partial charge in [-0.05, 0) is 43.7 Å². The Hall–Kier alpha value is -2.07. The second-order valence-corrected chi connectivity index (χ2v) is 4.80. The molecule has 2 rings (SSSR count). The van der Waals surface area contributed by atoms with Gasteiger partial charge in [-0.25, -0.2) is 0 Å². The largest absolute Gasteiger partial charge is 0.504 e. The molecule has 2 aromatic rings. The van der Waals surface area contributed by atoms with Crippen molar-refractivity contribution in [1.29, 1.82) is 0 Å². The third-order valence-corrected chi connectivity index (χ3v) is 3.34. The van der Waals surface area contributed by atoms with Gasteiger partial charge in [-0.15, -0.1) is 0 Å². The predicted molar refractivity (Wildman–Crippen MR) is 78.9 cm³/mol. The number of aromatic nitrogens is 1. The summed E-state index contributed by atoms with van der Waals surface area (Å²) in [5.41, 5.74) is 2.06. The van der Waals surface area contributed by atoms with E-state index in [0.29, 0.717) is 5.75 Å². The van der Waals surface area contributed by atoms with E-state index in [-0.39, 0.29) is 17.8 Å². The van der Waals surface area contributed by atoms with Crippen LogP contribution in [0.1, 0.15) is 37.2 Å². The number of hydrogen-bond acceptors (Lipinski definition) is 4. The first-order valence-electron chi connectivity index (χ1n) is 6.65. The first kappa shape index (κ1) is 14.3. The van der Waals surface area contributed by atoms with Gasteiger partial charge in [0.2, 0.25) is 0 Å². The fraction of sp³-hybridized carbons (Fsp3) is 0.312. The number of nitrogens with one attached hydrogen (secondary N) is 1. The third-order valence-electron chi connectivity index (χ3n) is 3.34. The van der Waals surface area contributed by atoms with Crippen LogP contribution in [0.4, 0.5) is 0 Å². The molecule has 1 aromatic heterocycles. The Morgan fingerprint density at radius 3 is 2.60 bits per heavy atom. The summed E-state index contributed by atoms with van der Waals surface area (Å²) in [7, 11) is 1.55. The van der Waals surface area contributed by atoms with E-state index in [1.807, 2.05) is 30.3 Å². The SMILES string of the molecule is COc1cc(C(C)NC(C)c2ccccn2)ccc1O. The van der Waals surface area contributed by atoms with Gasteiger partial charge in [0.05, 0.1) is 12.8 Å². The summed E-state index contributed by atoms with van der Waals surface area (Å²) in [6.07, 6.45) is 1.79. The molecule has 0 spiro atoms. The highest BCUT2D eigenvalue weighted by atomic mass is 16.5. The summed E-state index contributed by atoms with van der Waals surface area (Å²) < 4.78 is 5.14. The first-order valence-corrected chi connectivity index (χ1v) is 6.65. The Morgan fingerprint density at radius 2 is 1.95 bits per heavy atom. The molecule has 106 valence electrons. The smallest absolute Gasteiger partial charge is 0.160 e. The molecule has 0 radical (unpaired) electrons. The van der Waals surface area contributed by atoms with Gasteiger partial charge in [0.25, 0.3) is 0 Å². The van der Waals surface area contributed by atoms with Gasteiger partial charge in [0.1, 0.15) is 0 Å². The average molecular weight is 272 g/mol. The van der Waals surface area contributed by atoms with Gasteiger partial charge in [0.15, 0.2) is 11.5 Å². The van der Waals surface area contributed by atoms with Crippen molar-refractivity contribution >= 4 is 0 Å². The lowest BCUT2D eigenvalue weighted by atomic mass is 10.1. The molecule has 20 heavy (non-hydrogen) atoms. The number of pyridine rings is 1. The molecule has 4 heteroatoms. The Labute approximate surface area is 119 Å². The van der Waals surface area contributed by atoms with E-state index in [4.69, 9.17) is 4.74 Å². The minimum atomic E-state index is 0.126. The lowest BCUT2D eigenvalue weighted by molar-refractivity contribution is 0.371. The van der Waals surface area contributed by atoms with Crippen molar-refractivity contribution < 1.29 is 9.84 Å². The molecule has 4 nitrogen and oxygen atoms in total. The van der Waals surface area contributed by atoms with Crippen LogP contribution >= 0.6 is 0 Å². The Bertz CT molecular complexity index is 558. The van der Waals surface area contributed by atoms with Gasteiger partial charge >= 0.3 is 0 Å². The molecular formula is C16H20N2O2. The lowest BCUT2D eigenvalue weighted by Gasteiger charge is -2.20. The number of phenolic OH excluding ortho intramolecular Hbond substituents is 1. The molecule has 1 heterocycles. The second-order valence-electron chi connectivity index (χ2n) is 4.80. The molecule has 0 saturated carbocycles. The number of ether oxygens (including phenoxy) is 1. The molecular weight excluding hydrogens is 252 g/mol. The zero-order valence-corrected chi connectivity index (χ0v) is 12.0. The van der Waals surface area contributed by atoms with Gasteiger partial charge < -0.3 is 15.2 Å². The Morgan fingerprint density at radius 1 is 1.15 bits per heavy atom. The van der Waals surface area contributed by atoms with E-state index in [2.05, 4.69) is 24.1 Å². The molecule has 0 bridgehead atoms. The average Bonchev–Trinajstić information content (AvgIpc) is 2.48. The lowest BCUT2D eigenvalue weighted by Crippen LogP contribution is -2.23. The molecule has 2 atom stereocenters. The predicted octanol–water partition coefficient (Wildman–Crippen LogP) is 3.21. The highest BCUT2D eigenvalue weighted by molar-refractivity contribution is 5.42. The molecule has 0 aliphatic heterocycles. The van der Waals surface area contributed by atoms with Crippen molar-refractivity contribution in [2.45, 2.75) is 25.9 Å². The number of methoxy groups -OCH3 is 1. The van der Waals surface area contributed by atoms with Crippen LogP contribution in [0.15, 0.2) is 42.6 Å². The highest BCUT2D eigenvalue weighted by Gasteiger charge is 2.13. The van der Waals surface area contributed by atoms with E-state index in [1.165, 1.54) is 0 Å². The normalized spacial score (nSPS) is 13.8. The number of phenols is 1. The van der Waals surface area contributed by atoms with Gasteiger partial charge in [0, 0.05) is 18.3 Å². The minimum Gasteiger partial charge on any atom is -0.504 e. The van der Waals surface area contributed by atoms with E-state index < -0.39 is 0 Å². The van der Waals surface area contributed by atoms with Gasteiger partial charge in [-0.1, -0.05) is 12.1 Å². The Balaban J connectivity index is 2.10. The fourth-order valence-electron chi connectivity index (χ4n) is 2.15. The minimum absolute atomic E-state index is 0.126. The quantitative estimate of drug-likeness (QED) is 0.877. The molecule has 0 aliphatic carbocycles. The highest BCUT2D eigenvalue weighted by Crippen LogP contribution is 2.29. The zero-order valence-electron chi connectivity index (χ0n) is 12.0. The summed E-state index contributed by atoms with van der Waals surface area (Å²) in [5.74, 6) is 0.642. The maximum absolute atomic E-state index is 9.62. The molecule has 2 N–H and O–H groups in total. The number of aromatic hydroxyl groups is 1. The van der Waals surface area contributed by atoms with Crippen LogP contribution in [0.3, 0.4) is 0 Å². The van der Waals surface area contributed by atoms with Crippen molar-refractivity contribution in [2.75, 3.05) is 7.11 Å². The molecule has 0 saturated heterocycles. The van der Waals surface area contributed by atoms with Crippen molar-refractivity contribution in [2.24, 2.45) is 0 Å². The Kier molecular flexibility index (Phi) is 4.58. The van der Waals surface area contributed by atoms with Gasteiger partial charge in [-0.3, -0.25) is 4.98 Å². The summed E-state index contributed by atoms with van der Waals surface area (Å²) in [5, 5.41) is 13.1. The summed E-state index contributed by atoms with van der Waals surface area (Å²) >= 11 is 0. The summed E-state index contributed by atoms with van der Waals surface area (Å²) in [4.78, 5) is 4.35. The standard InChI is InChI=1S/C16H20N2O2/c1-11(13-7-8-15(19)16(10-13)20-3)18-12(2)14-6-4-5-9-17-14/h4-12,18-19H,1-3H3. The number of nitrogens with zero attached hydrogens (tertiary/aromatic N) is 1. The third kappa shape index (κ3) is 3.27. The summed E-state index contributed by atoms with van der Waals surface area (Å²) in [6.45, 7) is 4.15. The van der Waals surface area contributed by atoms with Crippen molar-refractivity contribution in [3.05, 3.63) is 53.9 Å². The van der Waals surface area contributed by atoms with E-state index in [0.717, 1.165) is 11.3 Å². The fourth-order valence-corrected chi connectivity index (χ4v) is 2.15. The maximum atomic E-state index is 9.62.